The average Bonchev–Trinajstić information content (AvgIpc) is 2.81. The minimum Gasteiger partial charge on any atom is -0.309 e. The van der Waals surface area contributed by atoms with Crippen LogP contribution < -0.4 is 5.32 Å². The van der Waals surface area contributed by atoms with Gasteiger partial charge in [-0.2, -0.15) is 0 Å². The van der Waals surface area contributed by atoms with E-state index in [2.05, 4.69) is 10.3 Å². The summed E-state index contributed by atoms with van der Waals surface area (Å²) in [5, 5.41) is 5.42. The Balaban J connectivity index is 2.38. The van der Waals surface area contributed by atoms with Crippen LogP contribution in [-0.4, -0.2) is 55.6 Å². The SMILES string of the molecule is CN[C@H](CCC1=NCCS1)C(=O)N(C)OC. The van der Waals surface area contributed by atoms with Gasteiger partial charge in [0.1, 0.15) is 0 Å². The van der Waals surface area contributed by atoms with E-state index in [1.54, 1.807) is 25.9 Å². The van der Waals surface area contributed by atoms with E-state index in [4.69, 9.17) is 4.84 Å². The van der Waals surface area contributed by atoms with E-state index in [1.807, 2.05) is 0 Å². The number of rotatable bonds is 6. The van der Waals surface area contributed by atoms with Crippen molar-refractivity contribution in [2.45, 2.75) is 18.9 Å². The van der Waals surface area contributed by atoms with Crippen molar-refractivity contribution in [2.75, 3.05) is 33.5 Å². The van der Waals surface area contributed by atoms with Crippen molar-refractivity contribution in [2.24, 2.45) is 4.99 Å². The fraction of sp³-hybridized carbons (Fsp3) is 0.800. The van der Waals surface area contributed by atoms with Crippen LogP contribution in [-0.2, 0) is 9.63 Å². The lowest BCUT2D eigenvalue weighted by Crippen LogP contribution is -2.43. The fourth-order valence-corrected chi connectivity index (χ4v) is 2.36. The third kappa shape index (κ3) is 3.77. The minimum atomic E-state index is -0.200. The number of hydroxylamine groups is 2. The predicted octanol–water partition coefficient (Wildman–Crippen LogP) is 0.520. The zero-order chi connectivity index (χ0) is 12.0. The first kappa shape index (κ1) is 13.5. The Morgan fingerprint density at radius 3 is 3.00 bits per heavy atom. The molecular weight excluding hydrogens is 226 g/mol. The number of likely N-dealkylation sites (N-methyl/N-ethyl adjacent to an activating group) is 2. The third-order valence-corrected chi connectivity index (χ3v) is 3.58. The van der Waals surface area contributed by atoms with Crippen molar-refractivity contribution in [1.82, 2.24) is 10.4 Å². The first-order valence-corrected chi connectivity index (χ1v) is 6.32. The van der Waals surface area contributed by atoms with Gasteiger partial charge >= 0.3 is 0 Å². The van der Waals surface area contributed by atoms with Gasteiger partial charge in [-0.25, -0.2) is 5.06 Å². The van der Waals surface area contributed by atoms with Gasteiger partial charge in [-0.1, -0.05) is 0 Å². The molecular formula is C10H19N3O2S. The van der Waals surface area contributed by atoms with Crippen molar-refractivity contribution in [3.63, 3.8) is 0 Å². The van der Waals surface area contributed by atoms with E-state index in [0.717, 1.165) is 30.2 Å². The molecule has 0 radical (unpaired) electrons. The molecule has 92 valence electrons. The maximum Gasteiger partial charge on any atom is 0.262 e. The van der Waals surface area contributed by atoms with Crippen LogP contribution in [0.3, 0.4) is 0 Å². The molecule has 1 aliphatic rings. The maximum atomic E-state index is 11.8. The lowest BCUT2D eigenvalue weighted by molar-refractivity contribution is -0.171. The predicted molar refractivity (Wildman–Crippen MR) is 66.6 cm³/mol. The zero-order valence-electron chi connectivity index (χ0n) is 10.0. The molecule has 6 heteroatoms. The van der Waals surface area contributed by atoms with Gasteiger partial charge in [-0.05, 0) is 19.9 Å². The summed E-state index contributed by atoms with van der Waals surface area (Å²) in [5.74, 6) is 1.03. The van der Waals surface area contributed by atoms with Gasteiger partial charge < -0.3 is 5.32 Å². The van der Waals surface area contributed by atoms with E-state index >= 15 is 0 Å². The van der Waals surface area contributed by atoms with Crippen molar-refractivity contribution in [1.29, 1.82) is 0 Å². The van der Waals surface area contributed by atoms with Crippen LogP contribution in [0.5, 0.6) is 0 Å². The fourth-order valence-electron chi connectivity index (χ4n) is 1.50. The minimum absolute atomic E-state index is 0.0476. The van der Waals surface area contributed by atoms with Crippen molar-refractivity contribution in [3.05, 3.63) is 0 Å². The van der Waals surface area contributed by atoms with Gasteiger partial charge in [0.15, 0.2) is 0 Å². The van der Waals surface area contributed by atoms with E-state index in [0.29, 0.717) is 0 Å². The number of thioether (sulfide) groups is 1. The van der Waals surface area contributed by atoms with Crippen LogP contribution in [0, 0.1) is 0 Å². The van der Waals surface area contributed by atoms with Gasteiger partial charge in [0.2, 0.25) is 0 Å². The number of aliphatic imine (C=N–C) groups is 1. The number of amides is 1. The van der Waals surface area contributed by atoms with E-state index < -0.39 is 0 Å². The van der Waals surface area contributed by atoms with E-state index in [9.17, 15) is 4.79 Å². The quantitative estimate of drug-likeness (QED) is 0.693. The molecule has 0 aromatic heterocycles. The summed E-state index contributed by atoms with van der Waals surface area (Å²) in [4.78, 5) is 21.0. The lowest BCUT2D eigenvalue weighted by Gasteiger charge is -2.21. The molecule has 1 rings (SSSR count). The monoisotopic (exact) mass is 245 g/mol. The van der Waals surface area contributed by atoms with Gasteiger partial charge in [0, 0.05) is 19.3 Å². The molecule has 1 atom stereocenters. The molecule has 1 N–H and O–H groups in total. The number of carbonyl (C=O) groups is 1. The molecule has 5 nitrogen and oxygen atoms in total. The molecule has 0 bridgehead atoms. The van der Waals surface area contributed by atoms with E-state index in [1.165, 1.54) is 12.2 Å². The maximum absolute atomic E-state index is 11.8. The van der Waals surface area contributed by atoms with Crippen molar-refractivity contribution in [3.8, 4) is 0 Å². The van der Waals surface area contributed by atoms with Crippen molar-refractivity contribution >= 4 is 22.7 Å². The highest BCUT2D eigenvalue weighted by Crippen LogP contribution is 2.17. The summed E-state index contributed by atoms with van der Waals surface area (Å²) in [7, 11) is 4.89. The highest BCUT2D eigenvalue weighted by Gasteiger charge is 2.21. The molecule has 0 saturated carbocycles. The topological polar surface area (TPSA) is 53.9 Å². The summed E-state index contributed by atoms with van der Waals surface area (Å²) in [6.07, 6.45) is 1.62. The first-order chi connectivity index (χ1) is 7.69. The Bertz CT molecular complexity index is 271. The molecule has 0 fully saturated rings. The largest absolute Gasteiger partial charge is 0.309 e. The molecule has 0 unspecified atom stereocenters. The van der Waals surface area contributed by atoms with Crippen LogP contribution in [0.2, 0.25) is 0 Å². The van der Waals surface area contributed by atoms with Crippen LogP contribution in [0.15, 0.2) is 4.99 Å². The normalized spacial score (nSPS) is 17.1. The van der Waals surface area contributed by atoms with E-state index in [-0.39, 0.29) is 11.9 Å². The summed E-state index contributed by atoms with van der Waals surface area (Å²) in [5.41, 5.74) is 0. The number of hydrogen-bond acceptors (Lipinski definition) is 5. The molecule has 1 amide bonds. The summed E-state index contributed by atoms with van der Waals surface area (Å²) < 4.78 is 0. The summed E-state index contributed by atoms with van der Waals surface area (Å²) in [6, 6.07) is -0.200. The van der Waals surface area contributed by atoms with Crippen LogP contribution >= 0.6 is 11.8 Å². The molecule has 16 heavy (non-hydrogen) atoms. The molecule has 0 aliphatic carbocycles. The molecule has 1 aliphatic heterocycles. The zero-order valence-corrected chi connectivity index (χ0v) is 10.8. The Hall–Kier alpha value is -0.590. The number of carbonyl (C=O) groups excluding carboxylic acids is 1. The average molecular weight is 245 g/mol. The van der Waals surface area contributed by atoms with Crippen molar-refractivity contribution < 1.29 is 9.63 Å². The number of nitrogens with one attached hydrogen (secondary N) is 1. The van der Waals surface area contributed by atoms with Gasteiger partial charge in [0.05, 0.1) is 18.2 Å². The molecule has 0 saturated heterocycles. The third-order valence-electron chi connectivity index (χ3n) is 2.53. The Morgan fingerprint density at radius 1 is 1.75 bits per heavy atom. The highest BCUT2D eigenvalue weighted by atomic mass is 32.2. The summed E-state index contributed by atoms with van der Waals surface area (Å²) >= 11 is 1.79. The highest BCUT2D eigenvalue weighted by molar-refractivity contribution is 8.14. The van der Waals surface area contributed by atoms with Crippen LogP contribution in [0.1, 0.15) is 12.8 Å². The first-order valence-electron chi connectivity index (χ1n) is 5.34. The van der Waals surface area contributed by atoms with Crippen LogP contribution in [0.25, 0.3) is 0 Å². The number of nitrogens with zero attached hydrogens (tertiary/aromatic N) is 2. The standard InChI is InChI=1S/C10H19N3O2S/c1-11-8(10(14)13(2)15-3)4-5-9-12-6-7-16-9/h8,11H,4-7H2,1-3H3/t8-/m1/s1. The number of hydrogen-bond donors (Lipinski definition) is 1. The Labute approximate surface area is 101 Å². The molecule has 0 aromatic carbocycles. The Morgan fingerprint density at radius 2 is 2.50 bits per heavy atom. The molecule has 0 aromatic rings. The smallest absolute Gasteiger partial charge is 0.262 e. The van der Waals surface area contributed by atoms with Gasteiger partial charge in [-0.3, -0.25) is 14.6 Å². The Kier molecular flexibility index (Phi) is 5.79. The van der Waals surface area contributed by atoms with Gasteiger partial charge in [-0.15, -0.1) is 11.8 Å². The molecule has 0 spiro atoms. The second kappa shape index (κ2) is 6.88. The summed E-state index contributed by atoms with van der Waals surface area (Å²) in [6.45, 7) is 0.913. The van der Waals surface area contributed by atoms with Gasteiger partial charge in [0.25, 0.3) is 5.91 Å². The molecule has 1 heterocycles. The lowest BCUT2D eigenvalue weighted by atomic mass is 10.1. The second-order valence-electron chi connectivity index (χ2n) is 3.52. The van der Waals surface area contributed by atoms with Crippen LogP contribution in [0.4, 0.5) is 0 Å². The second-order valence-corrected chi connectivity index (χ2v) is 4.69.